The number of aliphatic imine (C=N–C) groups is 1. The summed E-state index contributed by atoms with van der Waals surface area (Å²) in [6.07, 6.45) is 1.85. The lowest BCUT2D eigenvalue weighted by Gasteiger charge is -2.18. The lowest BCUT2D eigenvalue weighted by Crippen LogP contribution is -2.41. The number of para-hydroxylation sites is 2. The lowest BCUT2D eigenvalue weighted by atomic mass is 10.3. The van der Waals surface area contributed by atoms with Crippen molar-refractivity contribution >= 4 is 29.9 Å². The van der Waals surface area contributed by atoms with Crippen LogP contribution in [0.2, 0.25) is 0 Å². The third-order valence-corrected chi connectivity index (χ3v) is 4.60. The van der Waals surface area contributed by atoms with Gasteiger partial charge in [0.25, 0.3) is 0 Å². The lowest BCUT2D eigenvalue weighted by molar-refractivity contribution is 0.213. The van der Waals surface area contributed by atoms with Crippen LogP contribution in [0.1, 0.15) is 12.6 Å². The molecule has 0 aliphatic rings. The number of nitrogens with one attached hydrogen (secondary N) is 2. The van der Waals surface area contributed by atoms with E-state index >= 15 is 0 Å². The zero-order valence-corrected chi connectivity index (χ0v) is 21.1. The van der Waals surface area contributed by atoms with Gasteiger partial charge in [0.15, 0.2) is 17.5 Å². The Morgan fingerprint density at radius 2 is 1.72 bits per heavy atom. The first-order chi connectivity index (χ1) is 15.1. The minimum absolute atomic E-state index is 0. The molecule has 0 aliphatic carbocycles. The SMILES string of the molecule is CN=C(NCc1ccn(-c2ccc(OC)cc2)n1)NCC(C)Oc1ccccc1OC.I. The van der Waals surface area contributed by atoms with E-state index in [-0.39, 0.29) is 30.1 Å². The molecule has 0 fully saturated rings. The molecule has 0 spiro atoms. The Kier molecular flexibility index (Phi) is 10.1. The van der Waals surface area contributed by atoms with Crippen LogP contribution >= 0.6 is 24.0 Å². The van der Waals surface area contributed by atoms with Crippen molar-refractivity contribution < 1.29 is 14.2 Å². The first kappa shape index (κ1) is 25.3. The molecule has 1 aromatic heterocycles. The minimum Gasteiger partial charge on any atom is -0.497 e. The van der Waals surface area contributed by atoms with E-state index in [4.69, 9.17) is 14.2 Å². The zero-order chi connectivity index (χ0) is 22.1. The fraction of sp³-hybridized carbons (Fsp3) is 0.304. The normalized spacial score (nSPS) is 11.8. The summed E-state index contributed by atoms with van der Waals surface area (Å²) in [5.74, 6) is 2.92. The summed E-state index contributed by atoms with van der Waals surface area (Å²) in [5, 5.41) is 11.2. The van der Waals surface area contributed by atoms with Crippen molar-refractivity contribution in [1.82, 2.24) is 20.4 Å². The summed E-state index contributed by atoms with van der Waals surface area (Å²) in [7, 11) is 5.02. The molecule has 3 aromatic rings. The van der Waals surface area contributed by atoms with E-state index < -0.39 is 0 Å². The van der Waals surface area contributed by atoms with Gasteiger partial charge in [-0.2, -0.15) is 5.10 Å². The van der Waals surface area contributed by atoms with Crippen molar-refractivity contribution in [2.24, 2.45) is 4.99 Å². The summed E-state index contributed by atoms with van der Waals surface area (Å²) in [6, 6.07) is 17.3. The van der Waals surface area contributed by atoms with Crippen LogP contribution in [0.25, 0.3) is 5.69 Å². The van der Waals surface area contributed by atoms with E-state index in [2.05, 4.69) is 20.7 Å². The summed E-state index contributed by atoms with van der Waals surface area (Å²) in [6.45, 7) is 3.12. The third kappa shape index (κ3) is 7.04. The van der Waals surface area contributed by atoms with Crippen molar-refractivity contribution in [3.8, 4) is 22.9 Å². The molecule has 2 N–H and O–H groups in total. The van der Waals surface area contributed by atoms with Crippen molar-refractivity contribution in [3.63, 3.8) is 0 Å². The number of guanidine groups is 1. The Bertz CT molecular complexity index is 991. The molecule has 2 aromatic carbocycles. The molecule has 0 saturated heterocycles. The summed E-state index contributed by atoms with van der Waals surface area (Å²) >= 11 is 0. The van der Waals surface area contributed by atoms with Crippen LogP contribution in [0, 0.1) is 0 Å². The van der Waals surface area contributed by atoms with Gasteiger partial charge in [0.1, 0.15) is 11.9 Å². The molecular weight excluding hydrogens is 521 g/mol. The molecule has 0 aliphatic heterocycles. The van der Waals surface area contributed by atoms with E-state index in [1.54, 1.807) is 21.3 Å². The van der Waals surface area contributed by atoms with E-state index in [1.165, 1.54) is 0 Å². The summed E-state index contributed by atoms with van der Waals surface area (Å²) in [5.41, 5.74) is 1.87. The van der Waals surface area contributed by atoms with Crippen LogP contribution in [0.3, 0.4) is 0 Å². The molecule has 0 saturated carbocycles. The van der Waals surface area contributed by atoms with Gasteiger partial charge in [0.05, 0.1) is 38.7 Å². The highest BCUT2D eigenvalue weighted by Crippen LogP contribution is 2.26. The highest BCUT2D eigenvalue weighted by Gasteiger charge is 2.10. The van der Waals surface area contributed by atoms with Gasteiger partial charge in [-0.15, -0.1) is 24.0 Å². The van der Waals surface area contributed by atoms with Crippen LogP contribution < -0.4 is 24.8 Å². The Morgan fingerprint density at radius 3 is 2.38 bits per heavy atom. The van der Waals surface area contributed by atoms with Gasteiger partial charge in [0.2, 0.25) is 0 Å². The average Bonchev–Trinajstić information content (AvgIpc) is 3.28. The monoisotopic (exact) mass is 551 g/mol. The quantitative estimate of drug-likeness (QED) is 0.240. The first-order valence-corrected chi connectivity index (χ1v) is 10.1. The van der Waals surface area contributed by atoms with Gasteiger partial charge in [-0.05, 0) is 49.4 Å². The van der Waals surface area contributed by atoms with Gasteiger partial charge in [0, 0.05) is 13.2 Å². The van der Waals surface area contributed by atoms with E-state index in [0.717, 1.165) is 17.1 Å². The maximum Gasteiger partial charge on any atom is 0.191 e. The summed E-state index contributed by atoms with van der Waals surface area (Å²) < 4.78 is 18.3. The molecule has 1 heterocycles. The topological polar surface area (TPSA) is 81.9 Å². The van der Waals surface area contributed by atoms with Gasteiger partial charge in [-0.25, -0.2) is 4.68 Å². The number of hydrogen-bond acceptors (Lipinski definition) is 5. The second kappa shape index (κ2) is 12.8. The van der Waals surface area contributed by atoms with Gasteiger partial charge in [-0.1, -0.05) is 12.1 Å². The Hall–Kier alpha value is -2.95. The predicted molar refractivity (Wildman–Crippen MR) is 137 cm³/mol. The highest BCUT2D eigenvalue weighted by molar-refractivity contribution is 14.0. The number of benzene rings is 2. The highest BCUT2D eigenvalue weighted by atomic mass is 127. The predicted octanol–water partition coefficient (Wildman–Crippen LogP) is 3.64. The Labute approximate surface area is 206 Å². The molecule has 0 amide bonds. The minimum atomic E-state index is -0.0795. The molecule has 0 radical (unpaired) electrons. The fourth-order valence-corrected chi connectivity index (χ4v) is 2.94. The molecule has 8 nitrogen and oxygen atoms in total. The van der Waals surface area contributed by atoms with Crippen LogP contribution in [0.4, 0.5) is 0 Å². The standard InChI is InChI=1S/C23H29N5O3.HI/c1-17(31-22-8-6-5-7-21(22)30-4)15-25-23(24-2)26-16-18-13-14-28(27-18)19-9-11-20(29-3)12-10-19;/h5-14,17H,15-16H2,1-4H3,(H2,24,25,26);1H. The first-order valence-electron chi connectivity index (χ1n) is 10.1. The van der Waals surface area contributed by atoms with Crippen LogP contribution in [-0.4, -0.2) is 49.7 Å². The zero-order valence-electron chi connectivity index (χ0n) is 18.7. The van der Waals surface area contributed by atoms with Gasteiger partial charge in [-0.3, -0.25) is 4.99 Å². The Balaban J connectivity index is 0.00000363. The van der Waals surface area contributed by atoms with E-state index in [1.807, 2.05) is 72.4 Å². The fourth-order valence-electron chi connectivity index (χ4n) is 2.94. The van der Waals surface area contributed by atoms with Crippen LogP contribution in [0.15, 0.2) is 65.8 Å². The second-order valence-electron chi connectivity index (χ2n) is 6.84. The molecule has 9 heteroatoms. The van der Waals surface area contributed by atoms with Crippen molar-refractivity contribution in [2.45, 2.75) is 19.6 Å². The van der Waals surface area contributed by atoms with E-state index in [9.17, 15) is 0 Å². The molecule has 1 atom stereocenters. The van der Waals surface area contributed by atoms with Crippen molar-refractivity contribution in [2.75, 3.05) is 27.8 Å². The molecular formula is C23H30IN5O3. The number of rotatable bonds is 9. The average molecular weight is 551 g/mol. The second-order valence-corrected chi connectivity index (χ2v) is 6.84. The molecule has 0 bridgehead atoms. The van der Waals surface area contributed by atoms with E-state index in [0.29, 0.717) is 30.5 Å². The molecule has 3 rings (SSSR count). The molecule has 32 heavy (non-hydrogen) atoms. The Morgan fingerprint density at radius 1 is 1.00 bits per heavy atom. The molecule has 1 unspecified atom stereocenters. The summed E-state index contributed by atoms with van der Waals surface area (Å²) in [4.78, 5) is 4.27. The van der Waals surface area contributed by atoms with Crippen LogP contribution in [-0.2, 0) is 6.54 Å². The largest absolute Gasteiger partial charge is 0.497 e. The number of aromatic nitrogens is 2. The maximum atomic E-state index is 5.97. The number of hydrogen-bond donors (Lipinski definition) is 2. The van der Waals surface area contributed by atoms with Gasteiger partial charge < -0.3 is 24.8 Å². The number of ether oxygens (including phenoxy) is 3. The third-order valence-electron chi connectivity index (χ3n) is 4.60. The molecule has 172 valence electrons. The smallest absolute Gasteiger partial charge is 0.191 e. The van der Waals surface area contributed by atoms with Crippen molar-refractivity contribution in [3.05, 3.63) is 66.5 Å². The number of methoxy groups -OCH3 is 2. The number of nitrogens with zero attached hydrogens (tertiary/aromatic N) is 3. The maximum absolute atomic E-state index is 5.97. The van der Waals surface area contributed by atoms with Gasteiger partial charge >= 0.3 is 0 Å². The van der Waals surface area contributed by atoms with Crippen LogP contribution in [0.5, 0.6) is 17.2 Å². The van der Waals surface area contributed by atoms with Crippen molar-refractivity contribution in [1.29, 1.82) is 0 Å². The number of halogens is 1.